The molecule has 2 unspecified atom stereocenters. The summed E-state index contributed by atoms with van der Waals surface area (Å²) >= 11 is 0. The molecule has 5 heteroatoms. The molecule has 0 amide bonds. The van der Waals surface area contributed by atoms with E-state index < -0.39 is 23.3 Å². The van der Waals surface area contributed by atoms with Crippen LogP contribution in [-0.2, 0) is 0 Å². The fourth-order valence-electron chi connectivity index (χ4n) is 4.73. The molecule has 3 aromatic carbocycles. The van der Waals surface area contributed by atoms with Crippen molar-refractivity contribution in [2.24, 2.45) is 11.8 Å². The monoisotopic (exact) mass is 496 g/mol. The van der Waals surface area contributed by atoms with Gasteiger partial charge in [0.1, 0.15) is 0 Å². The fourth-order valence-corrected chi connectivity index (χ4v) is 4.73. The Morgan fingerprint density at radius 3 is 1.89 bits per heavy atom. The van der Waals surface area contributed by atoms with Gasteiger partial charge in [0, 0.05) is 17.0 Å². The third-order valence-electron chi connectivity index (χ3n) is 7.02. The van der Waals surface area contributed by atoms with E-state index in [0.717, 1.165) is 12.8 Å². The summed E-state index contributed by atoms with van der Waals surface area (Å²) < 4.78 is 63.6. The van der Waals surface area contributed by atoms with E-state index in [1.165, 1.54) is 56.9 Å². The Hall–Kier alpha value is -3.08. The van der Waals surface area contributed by atoms with Crippen LogP contribution in [0.5, 0.6) is 5.75 Å². The van der Waals surface area contributed by atoms with Crippen LogP contribution in [0, 0.1) is 42.0 Å². The normalized spacial score (nSPS) is 17.4. The summed E-state index contributed by atoms with van der Waals surface area (Å²) in [4.78, 5) is 0. The van der Waals surface area contributed by atoms with Crippen LogP contribution < -0.4 is 4.74 Å². The van der Waals surface area contributed by atoms with Gasteiger partial charge in [-0.05, 0) is 60.9 Å². The first-order chi connectivity index (χ1) is 17.4. The topological polar surface area (TPSA) is 9.23 Å². The summed E-state index contributed by atoms with van der Waals surface area (Å²) in [6, 6.07) is 12.2. The van der Waals surface area contributed by atoms with Gasteiger partial charge in [-0.2, -0.15) is 4.39 Å². The Morgan fingerprint density at radius 2 is 1.28 bits per heavy atom. The molecule has 190 valence electrons. The van der Waals surface area contributed by atoms with Crippen LogP contribution in [0.1, 0.15) is 51.0 Å². The van der Waals surface area contributed by atoms with Crippen LogP contribution in [0.3, 0.4) is 0 Å². The summed E-state index contributed by atoms with van der Waals surface area (Å²) in [5.41, 5.74) is 1.29. The van der Waals surface area contributed by atoms with E-state index in [2.05, 4.69) is 19.1 Å². The average molecular weight is 497 g/mol. The molecule has 0 aliphatic heterocycles. The molecule has 0 radical (unpaired) electrons. The molecule has 0 aromatic heterocycles. The number of unbranched alkanes of at least 4 members (excludes halogenated alkanes) is 2. The van der Waals surface area contributed by atoms with Gasteiger partial charge >= 0.3 is 0 Å². The summed E-state index contributed by atoms with van der Waals surface area (Å²) in [6.07, 6.45) is 11.4. The van der Waals surface area contributed by atoms with Gasteiger partial charge in [0.15, 0.2) is 23.2 Å². The maximum Gasteiger partial charge on any atom is 0.201 e. The van der Waals surface area contributed by atoms with Crippen LogP contribution in [0.25, 0.3) is 22.3 Å². The molecule has 2 atom stereocenters. The maximum atomic E-state index is 14.9. The van der Waals surface area contributed by atoms with Crippen LogP contribution in [0.4, 0.5) is 17.6 Å². The van der Waals surface area contributed by atoms with Crippen molar-refractivity contribution in [3.63, 3.8) is 0 Å². The SMILES string of the molecule is CCCCCC1C=CC(COc2ccc(-c3ccc(-c4ccc(C)c(F)c4F)cc3)c(F)c2F)CC1. The second kappa shape index (κ2) is 11.8. The fraction of sp³-hybridized carbons (Fsp3) is 0.355. The highest BCUT2D eigenvalue weighted by Crippen LogP contribution is 2.33. The van der Waals surface area contributed by atoms with Crippen molar-refractivity contribution in [2.45, 2.75) is 52.4 Å². The summed E-state index contributed by atoms with van der Waals surface area (Å²) in [6.45, 7) is 4.00. The lowest BCUT2D eigenvalue weighted by atomic mass is 9.86. The van der Waals surface area contributed by atoms with Crippen LogP contribution >= 0.6 is 0 Å². The largest absolute Gasteiger partial charge is 0.490 e. The third-order valence-corrected chi connectivity index (χ3v) is 7.02. The maximum absolute atomic E-state index is 14.9. The lowest BCUT2D eigenvalue weighted by molar-refractivity contribution is 0.241. The number of ether oxygens (including phenoxy) is 1. The molecule has 0 bridgehead atoms. The molecule has 0 spiro atoms. The minimum absolute atomic E-state index is 0.0782. The van der Waals surface area contributed by atoms with Crippen molar-refractivity contribution in [2.75, 3.05) is 6.61 Å². The highest BCUT2D eigenvalue weighted by atomic mass is 19.2. The molecule has 0 heterocycles. The molecule has 0 saturated carbocycles. The smallest absolute Gasteiger partial charge is 0.201 e. The van der Waals surface area contributed by atoms with Crippen LogP contribution in [0.15, 0.2) is 60.7 Å². The summed E-state index contributed by atoms with van der Waals surface area (Å²) in [5, 5.41) is 0. The van der Waals surface area contributed by atoms with Gasteiger partial charge < -0.3 is 4.74 Å². The van der Waals surface area contributed by atoms with Crippen molar-refractivity contribution >= 4 is 0 Å². The van der Waals surface area contributed by atoms with Gasteiger partial charge in [-0.3, -0.25) is 0 Å². The highest BCUT2D eigenvalue weighted by Gasteiger charge is 2.20. The minimum Gasteiger partial charge on any atom is -0.490 e. The third kappa shape index (κ3) is 5.83. The van der Waals surface area contributed by atoms with Crippen LogP contribution in [0.2, 0.25) is 0 Å². The number of allylic oxidation sites excluding steroid dienone is 1. The Bertz CT molecular complexity index is 1220. The number of halogens is 4. The Balaban J connectivity index is 1.42. The van der Waals surface area contributed by atoms with Crippen molar-refractivity contribution in [1.29, 1.82) is 0 Å². The number of hydrogen-bond acceptors (Lipinski definition) is 1. The lowest BCUT2D eigenvalue weighted by Gasteiger charge is -2.23. The summed E-state index contributed by atoms with van der Waals surface area (Å²) in [5.74, 6) is -3.16. The molecule has 36 heavy (non-hydrogen) atoms. The number of hydrogen-bond donors (Lipinski definition) is 0. The van der Waals surface area contributed by atoms with E-state index in [4.69, 9.17) is 4.74 Å². The van der Waals surface area contributed by atoms with E-state index in [9.17, 15) is 17.6 Å². The zero-order valence-corrected chi connectivity index (χ0v) is 20.8. The lowest BCUT2D eigenvalue weighted by Crippen LogP contribution is -2.16. The standard InChI is InChI=1S/C31H32F4O/c1-3-4-5-6-21-8-10-22(11-9-21)19-36-27-18-17-26(30(34)31(27)35)24-14-12-23(13-15-24)25-16-7-20(2)28(32)29(25)33/h7-8,10,12-18,21-22H,3-6,9,11,19H2,1-2H3. The van der Waals surface area contributed by atoms with Crippen molar-refractivity contribution < 1.29 is 22.3 Å². The molecular weight excluding hydrogens is 464 g/mol. The quantitative estimate of drug-likeness (QED) is 0.163. The van der Waals surface area contributed by atoms with E-state index in [-0.39, 0.29) is 28.4 Å². The average Bonchev–Trinajstić information content (AvgIpc) is 2.89. The molecule has 1 aliphatic carbocycles. The van der Waals surface area contributed by atoms with Crippen molar-refractivity contribution in [3.05, 3.63) is 89.5 Å². The van der Waals surface area contributed by atoms with Gasteiger partial charge in [0.05, 0.1) is 6.61 Å². The molecule has 0 fully saturated rings. The van der Waals surface area contributed by atoms with E-state index >= 15 is 0 Å². The molecule has 1 nitrogen and oxygen atoms in total. The highest BCUT2D eigenvalue weighted by molar-refractivity contribution is 5.71. The van der Waals surface area contributed by atoms with Crippen LogP contribution in [-0.4, -0.2) is 6.61 Å². The second-order valence-electron chi connectivity index (χ2n) is 9.66. The minimum atomic E-state index is -1.03. The Morgan fingerprint density at radius 1 is 0.694 bits per heavy atom. The molecule has 4 rings (SSSR count). The zero-order chi connectivity index (χ0) is 25.7. The van der Waals surface area contributed by atoms with Gasteiger partial charge in [0.25, 0.3) is 0 Å². The van der Waals surface area contributed by atoms with Gasteiger partial charge in [0.2, 0.25) is 5.82 Å². The Kier molecular flexibility index (Phi) is 8.50. The van der Waals surface area contributed by atoms with E-state index in [1.807, 2.05) is 0 Å². The van der Waals surface area contributed by atoms with Crippen molar-refractivity contribution in [1.82, 2.24) is 0 Å². The van der Waals surface area contributed by atoms with Crippen molar-refractivity contribution in [3.8, 4) is 28.0 Å². The predicted molar refractivity (Wildman–Crippen MR) is 137 cm³/mol. The molecule has 1 aliphatic rings. The van der Waals surface area contributed by atoms with Gasteiger partial charge in [-0.15, -0.1) is 0 Å². The Labute approximate surface area is 210 Å². The second-order valence-corrected chi connectivity index (χ2v) is 9.66. The summed E-state index contributed by atoms with van der Waals surface area (Å²) in [7, 11) is 0. The first-order valence-corrected chi connectivity index (χ1v) is 12.7. The predicted octanol–water partition coefficient (Wildman–Crippen LogP) is 9.43. The molecule has 0 saturated heterocycles. The van der Waals surface area contributed by atoms with E-state index in [0.29, 0.717) is 23.7 Å². The number of rotatable bonds is 9. The molecule has 3 aromatic rings. The van der Waals surface area contributed by atoms with Gasteiger partial charge in [-0.1, -0.05) is 74.7 Å². The van der Waals surface area contributed by atoms with E-state index in [1.54, 1.807) is 24.3 Å². The van der Waals surface area contributed by atoms with Gasteiger partial charge in [-0.25, -0.2) is 13.2 Å². The first kappa shape index (κ1) is 26.0. The first-order valence-electron chi connectivity index (χ1n) is 12.7. The number of aryl methyl sites for hydroxylation is 1. The molecule has 0 N–H and O–H groups in total. The number of benzene rings is 3. The zero-order valence-electron chi connectivity index (χ0n) is 20.8. The molecular formula is C31H32F4O.